The number of rotatable bonds is 17. The zero-order valence-electron chi connectivity index (χ0n) is 29.6. The molecule has 1 heterocycles. The summed E-state index contributed by atoms with van der Waals surface area (Å²) in [5, 5.41) is 23.5. The van der Waals surface area contributed by atoms with Crippen molar-refractivity contribution in [2.45, 2.75) is 42.4 Å². The van der Waals surface area contributed by atoms with Gasteiger partial charge in [-0.05, 0) is 105 Å². The van der Waals surface area contributed by atoms with E-state index < -0.39 is 42.0 Å². The van der Waals surface area contributed by atoms with E-state index in [2.05, 4.69) is 25.6 Å². The van der Waals surface area contributed by atoms with Gasteiger partial charge in [-0.3, -0.25) is 0 Å². The summed E-state index contributed by atoms with van der Waals surface area (Å²) < 4.78 is 80.4. The van der Waals surface area contributed by atoms with Crippen molar-refractivity contribution in [3.05, 3.63) is 105 Å². The zero-order valence-corrected chi connectivity index (χ0v) is 33.4. The third-order valence-corrected chi connectivity index (χ3v) is 12.7. The summed E-state index contributed by atoms with van der Waals surface area (Å²) in [5.41, 5.74) is 1.91. The number of aromatic nitrogens is 4. The molecule has 0 fully saturated rings. The van der Waals surface area contributed by atoms with Crippen molar-refractivity contribution in [3.63, 3.8) is 0 Å². The van der Waals surface area contributed by atoms with Gasteiger partial charge in [-0.2, -0.15) is 4.31 Å². The van der Waals surface area contributed by atoms with E-state index in [0.29, 0.717) is 31.9 Å². The summed E-state index contributed by atoms with van der Waals surface area (Å²) in [4.78, 5) is 10.0. The van der Waals surface area contributed by atoms with Crippen molar-refractivity contribution in [2.24, 2.45) is 0 Å². The van der Waals surface area contributed by atoms with Crippen LogP contribution in [0.2, 0.25) is 0 Å². The number of halogens is 1. The number of hydrogen-bond acceptors (Lipinski definition) is 11. The minimum absolute atomic E-state index is 0.000260. The Hall–Kier alpha value is -4.83. The predicted molar refractivity (Wildman–Crippen MR) is 206 cm³/mol. The number of ether oxygens (including phenoxy) is 3. The molecule has 0 saturated carbocycles. The maximum atomic E-state index is 15.4. The van der Waals surface area contributed by atoms with Gasteiger partial charge >= 0.3 is 6.09 Å². The van der Waals surface area contributed by atoms with E-state index in [4.69, 9.17) is 19.3 Å². The molecular formula is C35H38IN7O9S2. The first kappa shape index (κ1) is 40.4. The number of carboxylic acid groups (broad SMARTS) is 1. The number of nitrogens with zero attached hydrogens (tertiary/aromatic N) is 5. The fraction of sp³-hybridized carbons (Fsp3) is 0.257. The van der Waals surface area contributed by atoms with Gasteiger partial charge in [-0.25, -0.2) is 31.0 Å². The molecule has 4 aromatic carbocycles. The third kappa shape index (κ3) is 9.63. The van der Waals surface area contributed by atoms with Crippen LogP contribution in [0, 0.1) is 3.57 Å². The highest BCUT2D eigenvalue weighted by Gasteiger charge is 2.38. The van der Waals surface area contributed by atoms with Gasteiger partial charge < -0.3 is 24.6 Å². The summed E-state index contributed by atoms with van der Waals surface area (Å²) in [6.45, 7) is 0.952. The summed E-state index contributed by atoms with van der Waals surface area (Å²) >= 11 is 1.93. The Bertz CT molecular complexity index is 2240. The number of carbonyl (C=O) groups is 1. The molecule has 0 saturated heterocycles. The summed E-state index contributed by atoms with van der Waals surface area (Å²) in [5.74, 6) is 1.77. The van der Waals surface area contributed by atoms with Gasteiger partial charge in [0.2, 0.25) is 20.0 Å². The van der Waals surface area contributed by atoms with Gasteiger partial charge in [0, 0.05) is 29.2 Å². The van der Waals surface area contributed by atoms with Gasteiger partial charge in [0.25, 0.3) is 0 Å². The summed E-state index contributed by atoms with van der Waals surface area (Å²) in [7, 11) is -4.83. The highest BCUT2D eigenvalue weighted by molar-refractivity contribution is 14.1. The molecule has 0 unspecified atom stereocenters. The largest absolute Gasteiger partial charge is 0.497 e. The summed E-state index contributed by atoms with van der Waals surface area (Å²) in [6, 6.07) is 22.5. The Labute approximate surface area is 326 Å². The van der Waals surface area contributed by atoms with Gasteiger partial charge in [-0.15, -0.1) is 5.10 Å². The predicted octanol–water partition coefficient (Wildman–Crippen LogP) is 4.34. The van der Waals surface area contributed by atoms with Crippen LogP contribution in [-0.4, -0.2) is 86.5 Å². The lowest BCUT2D eigenvalue weighted by Gasteiger charge is -2.26. The maximum Gasteiger partial charge on any atom is 0.404 e. The van der Waals surface area contributed by atoms with E-state index in [1.54, 1.807) is 79.9 Å². The minimum Gasteiger partial charge on any atom is -0.497 e. The van der Waals surface area contributed by atoms with E-state index in [0.717, 1.165) is 5.56 Å². The average Bonchev–Trinajstić information content (AvgIpc) is 3.61. The molecule has 1 amide bonds. The molecule has 19 heteroatoms. The van der Waals surface area contributed by atoms with Crippen LogP contribution in [0.4, 0.5) is 4.79 Å². The van der Waals surface area contributed by atoms with Crippen LogP contribution in [0.5, 0.6) is 17.2 Å². The number of tetrazole rings is 1. The number of nitrogens with one attached hydrogen (secondary N) is 2. The Morgan fingerprint density at radius 1 is 0.815 bits per heavy atom. The van der Waals surface area contributed by atoms with Gasteiger partial charge in [-0.1, -0.05) is 36.4 Å². The topological polar surface area (TPSA) is 204 Å². The smallest absolute Gasteiger partial charge is 0.404 e. The second-order valence-corrected chi connectivity index (χ2v) is 16.7. The van der Waals surface area contributed by atoms with Crippen LogP contribution in [0.1, 0.15) is 23.6 Å². The molecule has 0 aliphatic rings. The molecule has 0 spiro atoms. The molecule has 16 nitrogen and oxygen atoms in total. The molecule has 54 heavy (non-hydrogen) atoms. The zero-order chi connectivity index (χ0) is 39.0. The van der Waals surface area contributed by atoms with E-state index in [9.17, 15) is 13.2 Å². The molecule has 5 aromatic rings. The van der Waals surface area contributed by atoms with Gasteiger partial charge in [0.15, 0.2) is 5.82 Å². The Morgan fingerprint density at radius 2 is 1.31 bits per heavy atom. The lowest BCUT2D eigenvalue weighted by molar-refractivity contribution is 0.193. The lowest BCUT2D eigenvalue weighted by Crippen LogP contribution is -2.42. The molecule has 0 aliphatic heterocycles. The van der Waals surface area contributed by atoms with E-state index >= 15 is 8.42 Å². The Kier molecular flexibility index (Phi) is 13.1. The highest BCUT2D eigenvalue weighted by atomic mass is 127. The number of sulfonamides is 2. The Balaban J connectivity index is 1.72. The average molecular weight is 892 g/mol. The van der Waals surface area contributed by atoms with Crippen molar-refractivity contribution >= 4 is 48.7 Å². The normalized spacial score (nSPS) is 12.3. The second kappa shape index (κ2) is 17.5. The number of amides is 1. The molecule has 5 rings (SSSR count). The van der Waals surface area contributed by atoms with Crippen LogP contribution >= 0.6 is 22.6 Å². The molecule has 0 bridgehead atoms. The fourth-order valence-electron chi connectivity index (χ4n) is 5.44. The maximum absolute atomic E-state index is 15.4. The van der Waals surface area contributed by atoms with Crippen LogP contribution < -0.4 is 24.2 Å². The standard InChI is InChI=1S/C35H38IN7O9S2/c1-23(19-37-35(44)45)39-53(46,47)31-18-17-30(36)32(34-38-40-41-43(34)22-26-9-15-29(52-4)16-10-26)33(31)54(48,49)42(20-24-5-11-27(50-2)12-6-24)21-25-7-13-28(51-3)14-8-25/h5-18,23,37,39H,19-22H2,1-4H3,(H,44,45)/t23-/m0/s1. The third-order valence-electron chi connectivity index (χ3n) is 8.16. The quantitative estimate of drug-likeness (QED) is 0.112. The first-order chi connectivity index (χ1) is 25.7. The lowest BCUT2D eigenvalue weighted by atomic mass is 10.2. The van der Waals surface area contributed by atoms with Gasteiger partial charge in [0.1, 0.15) is 27.0 Å². The highest BCUT2D eigenvalue weighted by Crippen LogP contribution is 2.38. The molecule has 0 aliphatic carbocycles. The van der Waals surface area contributed by atoms with E-state index in [-0.39, 0.29) is 37.6 Å². The first-order valence-electron chi connectivity index (χ1n) is 16.2. The van der Waals surface area contributed by atoms with Crippen molar-refractivity contribution in [3.8, 4) is 28.6 Å². The molecule has 286 valence electrons. The number of hydrogen-bond donors (Lipinski definition) is 3. The van der Waals surface area contributed by atoms with Crippen molar-refractivity contribution in [2.75, 3.05) is 27.9 Å². The number of methoxy groups -OCH3 is 3. The van der Waals surface area contributed by atoms with Crippen LogP contribution in [0.3, 0.4) is 0 Å². The van der Waals surface area contributed by atoms with Crippen LogP contribution in [-0.2, 0) is 39.7 Å². The Morgan fingerprint density at radius 3 is 1.80 bits per heavy atom. The van der Waals surface area contributed by atoms with Crippen molar-refractivity contribution in [1.29, 1.82) is 0 Å². The molecule has 3 N–H and O–H groups in total. The second-order valence-electron chi connectivity index (χ2n) is 11.9. The molecule has 0 radical (unpaired) electrons. The number of benzene rings is 4. The molecule has 1 atom stereocenters. The van der Waals surface area contributed by atoms with Crippen molar-refractivity contribution in [1.82, 2.24) is 34.6 Å². The van der Waals surface area contributed by atoms with E-state index in [1.807, 2.05) is 22.6 Å². The van der Waals surface area contributed by atoms with Crippen LogP contribution in [0.25, 0.3) is 11.4 Å². The van der Waals surface area contributed by atoms with Gasteiger partial charge in [0.05, 0.1) is 33.4 Å². The molecular weight excluding hydrogens is 853 g/mol. The van der Waals surface area contributed by atoms with E-state index in [1.165, 1.54) is 42.3 Å². The monoisotopic (exact) mass is 891 g/mol. The van der Waals surface area contributed by atoms with Crippen molar-refractivity contribution < 1.29 is 40.9 Å². The summed E-state index contributed by atoms with van der Waals surface area (Å²) in [6.07, 6.45) is -1.35. The van der Waals surface area contributed by atoms with Crippen LogP contribution in [0.15, 0.2) is 94.7 Å². The first-order valence-corrected chi connectivity index (χ1v) is 20.2. The molecule has 1 aromatic heterocycles. The fourth-order valence-corrected chi connectivity index (χ4v) is 9.97. The minimum atomic E-state index is -4.77. The SMILES string of the molecule is COc1ccc(CN(Cc2ccc(OC)cc2)S(=O)(=O)c2c(S(=O)(=O)N[C@@H](C)CNC(=O)O)ccc(I)c2-c2nnnn2Cc2ccc(OC)cc2)cc1.